The summed E-state index contributed by atoms with van der Waals surface area (Å²) in [5, 5.41) is 0. The lowest BCUT2D eigenvalue weighted by molar-refractivity contribution is -0.127. The summed E-state index contributed by atoms with van der Waals surface area (Å²) in [6, 6.07) is 13.8. The molecule has 1 amide bonds. The van der Waals surface area contributed by atoms with Gasteiger partial charge in [-0.25, -0.2) is 13.2 Å². The molecule has 7 nitrogen and oxygen atoms in total. The molecule has 2 rings (SSSR count). The summed E-state index contributed by atoms with van der Waals surface area (Å²) < 4.78 is 31.5. The van der Waals surface area contributed by atoms with Crippen LogP contribution < -0.4 is 5.73 Å². The Labute approximate surface area is 158 Å². The number of carbonyl (C=O) groups excluding carboxylic acids is 2. The SMILES string of the molecule is CCN(CC)S(=O)(=O)c1ccc(C(=O)OC(C(N)=O)c2ccccc2)cc1. The number of rotatable bonds is 8. The summed E-state index contributed by atoms with van der Waals surface area (Å²) >= 11 is 0. The van der Waals surface area contributed by atoms with Crippen LogP contribution in [0.1, 0.15) is 35.9 Å². The first kappa shape index (κ1) is 20.6. The van der Waals surface area contributed by atoms with E-state index in [2.05, 4.69) is 0 Å². The second-order valence-electron chi connectivity index (χ2n) is 5.71. The number of esters is 1. The monoisotopic (exact) mass is 390 g/mol. The van der Waals surface area contributed by atoms with Crippen molar-refractivity contribution in [2.75, 3.05) is 13.1 Å². The first-order valence-electron chi connectivity index (χ1n) is 8.46. The molecule has 1 unspecified atom stereocenters. The fourth-order valence-electron chi connectivity index (χ4n) is 2.57. The Bertz CT molecular complexity index is 891. The van der Waals surface area contributed by atoms with Crippen LogP contribution in [0, 0.1) is 0 Å². The number of carbonyl (C=O) groups is 2. The minimum Gasteiger partial charge on any atom is -0.444 e. The summed E-state index contributed by atoms with van der Waals surface area (Å²) in [6.45, 7) is 4.20. The number of hydrogen-bond donors (Lipinski definition) is 1. The first-order valence-corrected chi connectivity index (χ1v) is 9.90. The van der Waals surface area contributed by atoms with Gasteiger partial charge in [-0.3, -0.25) is 4.79 Å². The Morgan fingerprint density at radius 3 is 2.04 bits per heavy atom. The number of ether oxygens (including phenoxy) is 1. The summed E-state index contributed by atoms with van der Waals surface area (Å²) in [7, 11) is -3.62. The zero-order valence-electron chi connectivity index (χ0n) is 15.2. The van der Waals surface area contributed by atoms with Crippen molar-refractivity contribution in [1.82, 2.24) is 4.31 Å². The van der Waals surface area contributed by atoms with E-state index < -0.39 is 28.0 Å². The molecule has 27 heavy (non-hydrogen) atoms. The third-order valence-electron chi connectivity index (χ3n) is 4.02. The lowest BCUT2D eigenvalue weighted by Crippen LogP contribution is -2.30. The fourth-order valence-corrected chi connectivity index (χ4v) is 4.03. The Morgan fingerprint density at radius 2 is 1.56 bits per heavy atom. The summed E-state index contributed by atoms with van der Waals surface area (Å²) in [5.41, 5.74) is 5.92. The van der Waals surface area contributed by atoms with E-state index in [9.17, 15) is 18.0 Å². The lowest BCUT2D eigenvalue weighted by atomic mass is 10.1. The number of amides is 1. The number of hydrogen-bond acceptors (Lipinski definition) is 5. The van der Waals surface area contributed by atoms with Crippen molar-refractivity contribution in [1.29, 1.82) is 0 Å². The van der Waals surface area contributed by atoms with Gasteiger partial charge in [-0.1, -0.05) is 44.2 Å². The van der Waals surface area contributed by atoms with Gasteiger partial charge in [0, 0.05) is 18.7 Å². The molecule has 0 saturated heterocycles. The van der Waals surface area contributed by atoms with Gasteiger partial charge in [0.05, 0.1) is 10.5 Å². The first-order chi connectivity index (χ1) is 12.8. The molecule has 144 valence electrons. The van der Waals surface area contributed by atoms with Crippen LogP contribution in [-0.4, -0.2) is 37.7 Å². The molecule has 0 saturated carbocycles. The molecule has 0 aromatic heterocycles. The molecule has 0 radical (unpaired) electrons. The molecule has 0 heterocycles. The zero-order valence-corrected chi connectivity index (χ0v) is 16.0. The molecular formula is C19H22N2O5S. The third kappa shape index (κ3) is 4.72. The third-order valence-corrected chi connectivity index (χ3v) is 6.08. The summed E-state index contributed by atoms with van der Waals surface area (Å²) in [5.74, 6) is -1.57. The maximum Gasteiger partial charge on any atom is 0.339 e. The van der Waals surface area contributed by atoms with Crippen LogP contribution in [0.25, 0.3) is 0 Å². The average molecular weight is 390 g/mol. The van der Waals surface area contributed by atoms with Crippen LogP contribution in [-0.2, 0) is 19.6 Å². The molecular weight excluding hydrogens is 368 g/mol. The predicted octanol–water partition coefficient (Wildman–Crippen LogP) is 2.10. The quantitative estimate of drug-likeness (QED) is 0.695. The van der Waals surface area contributed by atoms with Crippen LogP contribution >= 0.6 is 0 Å². The van der Waals surface area contributed by atoms with Crippen molar-refractivity contribution < 1.29 is 22.7 Å². The second-order valence-corrected chi connectivity index (χ2v) is 7.65. The highest BCUT2D eigenvalue weighted by atomic mass is 32.2. The van der Waals surface area contributed by atoms with Gasteiger partial charge in [0.25, 0.3) is 5.91 Å². The molecule has 0 aliphatic carbocycles. The van der Waals surface area contributed by atoms with Crippen molar-refractivity contribution in [2.24, 2.45) is 5.73 Å². The Kier molecular flexibility index (Phi) is 6.70. The highest BCUT2D eigenvalue weighted by molar-refractivity contribution is 7.89. The smallest absolute Gasteiger partial charge is 0.339 e. The molecule has 0 aliphatic rings. The van der Waals surface area contributed by atoms with E-state index >= 15 is 0 Å². The Hall–Kier alpha value is -2.71. The molecule has 2 aromatic rings. The highest BCUT2D eigenvalue weighted by Gasteiger charge is 2.25. The second kappa shape index (κ2) is 8.79. The topological polar surface area (TPSA) is 107 Å². The molecule has 1 atom stereocenters. The van der Waals surface area contributed by atoms with Crippen molar-refractivity contribution in [2.45, 2.75) is 24.8 Å². The fraction of sp³-hybridized carbons (Fsp3) is 0.263. The van der Waals surface area contributed by atoms with E-state index in [-0.39, 0.29) is 10.5 Å². The summed E-state index contributed by atoms with van der Waals surface area (Å²) in [4.78, 5) is 24.1. The maximum atomic E-state index is 12.5. The van der Waals surface area contributed by atoms with E-state index in [4.69, 9.17) is 10.5 Å². The van der Waals surface area contributed by atoms with Gasteiger partial charge in [0.15, 0.2) is 0 Å². The van der Waals surface area contributed by atoms with Gasteiger partial charge in [-0.15, -0.1) is 0 Å². The van der Waals surface area contributed by atoms with Gasteiger partial charge < -0.3 is 10.5 Å². The van der Waals surface area contributed by atoms with Crippen LogP contribution in [0.3, 0.4) is 0 Å². The van der Waals surface area contributed by atoms with Crippen molar-refractivity contribution in [3.05, 3.63) is 65.7 Å². The number of primary amides is 1. The van der Waals surface area contributed by atoms with Crippen molar-refractivity contribution in [3.63, 3.8) is 0 Å². The van der Waals surface area contributed by atoms with E-state index in [0.29, 0.717) is 18.7 Å². The molecule has 2 aromatic carbocycles. The minimum atomic E-state index is -3.62. The highest BCUT2D eigenvalue weighted by Crippen LogP contribution is 2.21. The summed E-state index contributed by atoms with van der Waals surface area (Å²) in [6.07, 6.45) is -1.22. The van der Waals surface area contributed by atoms with E-state index in [1.54, 1.807) is 44.2 Å². The van der Waals surface area contributed by atoms with Crippen LogP contribution in [0.2, 0.25) is 0 Å². The van der Waals surface area contributed by atoms with Gasteiger partial charge in [-0.05, 0) is 24.3 Å². The van der Waals surface area contributed by atoms with Crippen LogP contribution in [0.4, 0.5) is 0 Å². The number of nitrogens with two attached hydrogens (primary N) is 1. The number of nitrogens with zero attached hydrogens (tertiary/aromatic N) is 1. The zero-order chi connectivity index (χ0) is 20.0. The standard InChI is InChI=1S/C19H22N2O5S/c1-3-21(4-2)27(24,25)16-12-10-15(11-13-16)19(23)26-17(18(20)22)14-8-6-5-7-9-14/h5-13,17H,3-4H2,1-2H3,(H2,20,22). The van der Waals surface area contributed by atoms with Crippen LogP contribution in [0.15, 0.2) is 59.5 Å². The van der Waals surface area contributed by atoms with Gasteiger partial charge in [0.2, 0.25) is 16.1 Å². The molecule has 0 fully saturated rings. The van der Waals surface area contributed by atoms with E-state index in [0.717, 1.165) is 0 Å². The number of sulfonamides is 1. The predicted molar refractivity (Wildman–Crippen MR) is 100 cm³/mol. The molecule has 0 bridgehead atoms. The Balaban J connectivity index is 2.21. The molecule has 8 heteroatoms. The Morgan fingerprint density at radius 1 is 1.00 bits per heavy atom. The average Bonchev–Trinajstić information content (AvgIpc) is 2.67. The van der Waals surface area contributed by atoms with E-state index in [1.165, 1.54) is 28.6 Å². The van der Waals surface area contributed by atoms with Gasteiger partial charge >= 0.3 is 5.97 Å². The van der Waals surface area contributed by atoms with Crippen molar-refractivity contribution in [3.8, 4) is 0 Å². The largest absolute Gasteiger partial charge is 0.444 e. The minimum absolute atomic E-state index is 0.0808. The molecule has 2 N–H and O–H groups in total. The van der Waals surface area contributed by atoms with Crippen LogP contribution in [0.5, 0.6) is 0 Å². The van der Waals surface area contributed by atoms with Crippen molar-refractivity contribution >= 4 is 21.9 Å². The maximum absolute atomic E-state index is 12.5. The van der Waals surface area contributed by atoms with E-state index in [1.807, 2.05) is 0 Å². The van der Waals surface area contributed by atoms with Gasteiger partial charge in [-0.2, -0.15) is 4.31 Å². The normalized spacial score (nSPS) is 12.6. The lowest BCUT2D eigenvalue weighted by Gasteiger charge is -2.18. The number of benzene rings is 2. The van der Waals surface area contributed by atoms with Gasteiger partial charge in [0.1, 0.15) is 0 Å². The molecule has 0 aliphatic heterocycles. The molecule has 0 spiro atoms.